The van der Waals surface area contributed by atoms with Crippen LogP contribution in [0, 0.1) is 5.92 Å². The van der Waals surface area contributed by atoms with E-state index in [-0.39, 0.29) is 25.6 Å². The van der Waals surface area contributed by atoms with E-state index in [1.165, 1.54) is 4.90 Å². The van der Waals surface area contributed by atoms with Gasteiger partial charge in [0.1, 0.15) is 0 Å². The van der Waals surface area contributed by atoms with Crippen molar-refractivity contribution in [1.29, 1.82) is 0 Å². The van der Waals surface area contributed by atoms with Crippen LogP contribution >= 0.6 is 7.82 Å². The summed E-state index contributed by atoms with van der Waals surface area (Å²) in [7, 11) is -4.54. The summed E-state index contributed by atoms with van der Waals surface area (Å²) in [4.78, 5) is 30.6. The van der Waals surface area contributed by atoms with Gasteiger partial charge >= 0.3 is 7.82 Å². The number of phosphoric ester groups is 1. The number of likely N-dealkylation sites (tertiary alicyclic amines) is 1. The fourth-order valence-corrected chi connectivity index (χ4v) is 2.56. The third-order valence-corrected chi connectivity index (χ3v) is 3.80. The predicted molar refractivity (Wildman–Crippen MR) is 71.6 cm³/mol. The van der Waals surface area contributed by atoms with Crippen LogP contribution in [0.3, 0.4) is 0 Å². The van der Waals surface area contributed by atoms with Gasteiger partial charge in [0.25, 0.3) is 0 Å². The predicted octanol–water partition coefficient (Wildman–Crippen LogP) is -0.566. The number of aliphatic hydroxyl groups excluding tert-OH is 1. The summed E-state index contributed by atoms with van der Waals surface area (Å²) < 4.78 is 15.0. The molecule has 1 rings (SSSR count). The van der Waals surface area contributed by atoms with Crippen LogP contribution in [0.15, 0.2) is 0 Å². The maximum atomic E-state index is 11.9. The Labute approximate surface area is 118 Å². The maximum Gasteiger partial charge on any atom is 0.469 e. The molecule has 8 nitrogen and oxygen atoms in total. The number of unbranched alkanes of at least 4 members (excludes halogenated alkanes) is 2. The average Bonchev–Trinajstić information content (AvgIpc) is 2.73. The summed E-state index contributed by atoms with van der Waals surface area (Å²) in [5, 5.41) is 9.77. The lowest BCUT2D eigenvalue weighted by atomic mass is 10.1. The lowest BCUT2D eigenvalue weighted by molar-refractivity contribution is -0.130. The molecule has 5 N–H and O–H groups in total. The van der Waals surface area contributed by atoms with Gasteiger partial charge in [-0.2, -0.15) is 0 Å². The molecule has 1 saturated heterocycles. The third kappa shape index (κ3) is 6.30. The molecule has 0 saturated carbocycles. The molecule has 1 amide bonds. The molecule has 1 fully saturated rings. The Morgan fingerprint density at radius 3 is 2.60 bits per heavy atom. The van der Waals surface area contributed by atoms with Crippen LogP contribution in [0.5, 0.6) is 0 Å². The van der Waals surface area contributed by atoms with Crippen LogP contribution in [0.2, 0.25) is 0 Å². The van der Waals surface area contributed by atoms with Crippen LogP contribution in [0.4, 0.5) is 0 Å². The molecule has 0 aromatic rings. The van der Waals surface area contributed by atoms with Crippen molar-refractivity contribution in [2.45, 2.75) is 31.8 Å². The van der Waals surface area contributed by atoms with Crippen LogP contribution in [0.1, 0.15) is 25.7 Å². The van der Waals surface area contributed by atoms with Crippen LogP contribution in [-0.2, 0) is 13.9 Å². The van der Waals surface area contributed by atoms with Gasteiger partial charge in [0.05, 0.1) is 12.7 Å². The molecule has 9 heteroatoms. The molecule has 0 bridgehead atoms. The van der Waals surface area contributed by atoms with Gasteiger partial charge in [-0.1, -0.05) is 6.42 Å². The number of nitrogens with zero attached hydrogens (tertiary/aromatic N) is 1. The first-order valence-electron chi connectivity index (χ1n) is 6.69. The Kier molecular flexibility index (Phi) is 7.08. The molecule has 2 atom stereocenters. The molecule has 0 aromatic carbocycles. The fourth-order valence-electron chi connectivity index (χ4n) is 2.17. The number of phosphoric acid groups is 1. The zero-order valence-corrected chi connectivity index (χ0v) is 12.2. The Bertz CT molecular complexity index is 361. The highest BCUT2D eigenvalue weighted by atomic mass is 31.2. The summed E-state index contributed by atoms with van der Waals surface area (Å²) in [5.41, 5.74) is 5.37. The van der Waals surface area contributed by atoms with Crippen LogP contribution in [-0.4, -0.2) is 58.0 Å². The minimum Gasteiger partial charge on any atom is -0.391 e. The van der Waals surface area contributed by atoms with Gasteiger partial charge in [-0.3, -0.25) is 9.32 Å². The normalized spacial score (nSPS) is 23.3. The average molecular weight is 310 g/mol. The van der Waals surface area contributed by atoms with Gasteiger partial charge in [-0.05, 0) is 19.4 Å². The quantitative estimate of drug-likeness (QED) is 0.348. The van der Waals surface area contributed by atoms with E-state index in [0.717, 1.165) is 19.3 Å². The van der Waals surface area contributed by atoms with Gasteiger partial charge in [0.2, 0.25) is 5.91 Å². The molecule has 0 aliphatic carbocycles. The number of hydrogen-bond donors (Lipinski definition) is 4. The van der Waals surface area contributed by atoms with E-state index in [0.29, 0.717) is 13.0 Å². The molecule has 20 heavy (non-hydrogen) atoms. The molecule has 118 valence electrons. The fraction of sp³-hybridized carbons (Fsp3) is 0.909. The van der Waals surface area contributed by atoms with Crippen molar-refractivity contribution in [3.63, 3.8) is 0 Å². The highest BCUT2D eigenvalue weighted by Gasteiger charge is 2.35. The number of carbonyl (C=O) groups excluding carboxylic acids is 1. The van der Waals surface area contributed by atoms with Crippen molar-refractivity contribution >= 4 is 13.7 Å². The lowest BCUT2D eigenvalue weighted by Gasteiger charge is -2.16. The molecular weight excluding hydrogens is 287 g/mol. The van der Waals surface area contributed by atoms with Crippen molar-refractivity contribution in [1.82, 2.24) is 4.90 Å². The Hall–Kier alpha value is -0.500. The molecule has 0 radical (unpaired) electrons. The number of nitrogens with two attached hydrogens (primary N) is 1. The first kappa shape index (κ1) is 17.6. The maximum absolute atomic E-state index is 11.9. The second-order valence-electron chi connectivity index (χ2n) is 5.01. The Balaban J connectivity index is 2.32. The topological polar surface area (TPSA) is 133 Å². The first-order chi connectivity index (χ1) is 9.33. The highest BCUT2D eigenvalue weighted by Crippen LogP contribution is 2.37. The van der Waals surface area contributed by atoms with Crippen molar-refractivity contribution in [3.05, 3.63) is 0 Å². The van der Waals surface area contributed by atoms with Crippen LogP contribution < -0.4 is 5.73 Å². The van der Waals surface area contributed by atoms with Crippen molar-refractivity contribution in [2.24, 2.45) is 11.7 Å². The zero-order chi connectivity index (χ0) is 15.2. The van der Waals surface area contributed by atoms with Crippen LogP contribution in [0.25, 0.3) is 0 Å². The zero-order valence-electron chi connectivity index (χ0n) is 11.3. The summed E-state index contributed by atoms with van der Waals surface area (Å²) in [5.74, 6) is -0.518. The summed E-state index contributed by atoms with van der Waals surface area (Å²) >= 11 is 0. The molecule has 1 aliphatic rings. The summed E-state index contributed by atoms with van der Waals surface area (Å²) in [6.07, 6.45) is 2.12. The molecule has 2 unspecified atom stereocenters. The lowest BCUT2D eigenvalue weighted by Crippen LogP contribution is -2.29. The van der Waals surface area contributed by atoms with E-state index in [1.807, 2.05) is 0 Å². The first-order valence-corrected chi connectivity index (χ1v) is 8.22. The second kappa shape index (κ2) is 8.07. The number of rotatable bonds is 8. The van der Waals surface area contributed by atoms with E-state index >= 15 is 0 Å². The van der Waals surface area contributed by atoms with Gasteiger partial charge in [0.15, 0.2) is 0 Å². The Morgan fingerprint density at radius 2 is 2.00 bits per heavy atom. The van der Waals surface area contributed by atoms with E-state index in [1.54, 1.807) is 0 Å². The highest BCUT2D eigenvalue weighted by molar-refractivity contribution is 7.46. The SMILES string of the molecule is NCCCCCC(=O)N1CC(O)C(COP(=O)(O)O)C1. The molecule has 0 aromatic heterocycles. The molecule has 1 heterocycles. The number of amides is 1. The van der Waals surface area contributed by atoms with Gasteiger partial charge in [-0.15, -0.1) is 0 Å². The summed E-state index contributed by atoms with van der Waals surface area (Å²) in [6, 6.07) is 0. The van der Waals surface area contributed by atoms with Gasteiger partial charge in [-0.25, -0.2) is 4.57 Å². The summed E-state index contributed by atoms with van der Waals surface area (Å²) in [6.45, 7) is 0.794. The minimum atomic E-state index is -4.54. The largest absolute Gasteiger partial charge is 0.469 e. The number of hydrogen-bond acceptors (Lipinski definition) is 5. The van der Waals surface area contributed by atoms with E-state index in [2.05, 4.69) is 4.52 Å². The smallest absolute Gasteiger partial charge is 0.391 e. The minimum absolute atomic E-state index is 0.0558. The third-order valence-electron chi connectivity index (χ3n) is 3.31. The molecular formula is C11H23N2O6P. The van der Waals surface area contributed by atoms with E-state index < -0.39 is 19.8 Å². The van der Waals surface area contributed by atoms with E-state index in [9.17, 15) is 14.5 Å². The second-order valence-corrected chi connectivity index (χ2v) is 6.25. The monoisotopic (exact) mass is 310 g/mol. The number of carbonyl (C=O) groups is 1. The Morgan fingerprint density at radius 1 is 1.30 bits per heavy atom. The van der Waals surface area contributed by atoms with Gasteiger partial charge < -0.3 is 25.5 Å². The molecule has 0 spiro atoms. The van der Waals surface area contributed by atoms with Crippen molar-refractivity contribution < 1.29 is 28.8 Å². The van der Waals surface area contributed by atoms with Crippen molar-refractivity contribution in [3.8, 4) is 0 Å². The standard InChI is InChI=1S/C11H23N2O6P/c12-5-3-1-2-4-11(15)13-6-9(10(14)7-13)8-19-20(16,17)18/h9-10,14H,1-8,12H2,(H2,16,17,18). The number of β-amino-alcohol motifs (C(OH)–C–C–N with tert-alkyl or cyclic N) is 1. The van der Waals surface area contributed by atoms with E-state index in [4.69, 9.17) is 15.5 Å². The van der Waals surface area contributed by atoms with Crippen molar-refractivity contribution in [2.75, 3.05) is 26.2 Å². The van der Waals surface area contributed by atoms with Gasteiger partial charge in [0, 0.05) is 25.4 Å². The number of aliphatic hydroxyl groups is 1. The molecule has 1 aliphatic heterocycles.